The van der Waals surface area contributed by atoms with Crippen LogP contribution in [0.5, 0.6) is 0 Å². The Morgan fingerprint density at radius 2 is 0.960 bits per heavy atom. The summed E-state index contributed by atoms with van der Waals surface area (Å²) in [4.78, 5) is 53.2. The molecule has 0 heterocycles. The van der Waals surface area contributed by atoms with E-state index in [0.717, 1.165) is 16.7 Å². The minimum atomic E-state index is -0.526. The van der Waals surface area contributed by atoms with E-state index in [4.69, 9.17) is 18.9 Å². The summed E-state index contributed by atoms with van der Waals surface area (Å²) < 4.78 is 21.4. The maximum absolute atomic E-state index is 13.1. The topological polar surface area (TPSA) is 136 Å². The Hall–Kier alpha value is -5.10. The molecule has 0 aliphatic heterocycles. The molecule has 12 heteroatoms. The van der Waals surface area contributed by atoms with Gasteiger partial charge < -0.3 is 39.4 Å². The van der Waals surface area contributed by atoms with Gasteiger partial charge >= 0.3 is 24.2 Å². The van der Waals surface area contributed by atoms with Crippen LogP contribution in [0.3, 0.4) is 0 Å². The minimum Gasteiger partial charge on any atom is -0.465 e. The number of ether oxygens (including phenoxy) is 4. The van der Waals surface area contributed by atoms with Gasteiger partial charge in [-0.3, -0.25) is 4.79 Å². The molecular formula is C38H50N4O8. The second kappa shape index (κ2) is 24.1. The molecule has 0 aromatic heterocycles. The minimum absolute atomic E-state index is 0.104. The van der Waals surface area contributed by atoms with E-state index in [0.29, 0.717) is 71.6 Å². The van der Waals surface area contributed by atoms with Crippen molar-refractivity contribution in [3.63, 3.8) is 0 Å². The van der Waals surface area contributed by atoms with Crippen LogP contribution < -0.4 is 10.6 Å². The van der Waals surface area contributed by atoms with Crippen LogP contribution in [0.2, 0.25) is 0 Å². The van der Waals surface area contributed by atoms with E-state index < -0.39 is 18.3 Å². The van der Waals surface area contributed by atoms with Crippen molar-refractivity contribution in [2.24, 2.45) is 0 Å². The largest absolute Gasteiger partial charge is 0.465 e. The summed E-state index contributed by atoms with van der Waals surface area (Å²) in [7, 11) is 0. The Morgan fingerprint density at radius 1 is 0.540 bits per heavy atom. The molecule has 0 saturated carbocycles. The Labute approximate surface area is 295 Å². The van der Waals surface area contributed by atoms with Crippen molar-refractivity contribution >= 4 is 24.2 Å². The third-order valence-electron chi connectivity index (χ3n) is 7.48. The van der Waals surface area contributed by atoms with E-state index in [1.807, 2.05) is 91.0 Å². The highest BCUT2D eigenvalue weighted by molar-refractivity contribution is 5.71. The maximum atomic E-state index is 13.1. The van der Waals surface area contributed by atoms with Crippen molar-refractivity contribution < 1.29 is 38.1 Å². The van der Waals surface area contributed by atoms with Gasteiger partial charge in [0.25, 0.3) is 0 Å². The summed E-state index contributed by atoms with van der Waals surface area (Å²) in [5, 5.41) is 5.78. The SMILES string of the molecule is CCOC(=O)CNCCCN(CCCCN(CCCNC(=O)OCc1ccccc1)C(=O)OCc1ccccc1)C(=O)OCc1ccccc1. The summed E-state index contributed by atoms with van der Waals surface area (Å²) in [5.74, 6) is -0.322. The highest BCUT2D eigenvalue weighted by atomic mass is 16.6. The summed E-state index contributed by atoms with van der Waals surface area (Å²) in [6.45, 7) is 5.12. The molecular weight excluding hydrogens is 640 g/mol. The van der Waals surface area contributed by atoms with Crippen molar-refractivity contribution in [3.8, 4) is 0 Å². The lowest BCUT2D eigenvalue weighted by molar-refractivity contribution is -0.142. The first-order valence-electron chi connectivity index (χ1n) is 17.2. The molecule has 2 N–H and O–H groups in total. The second-order valence-corrected chi connectivity index (χ2v) is 11.4. The highest BCUT2D eigenvalue weighted by Crippen LogP contribution is 2.09. The smallest absolute Gasteiger partial charge is 0.410 e. The summed E-state index contributed by atoms with van der Waals surface area (Å²) >= 11 is 0. The highest BCUT2D eigenvalue weighted by Gasteiger charge is 2.18. The van der Waals surface area contributed by atoms with Crippen LogP contribution in [0.1, 0.15) is 49.3 Å². The van der Waals surface area contributed by atoms with Crippen LogP contribution in [0.15, 0.2) is 91.0 Å². The van der Waals surface area contributed by atoms with Gasteiger partial charge in [-0.05, 0) is 55.8 Å². The van der Waals surface area contributed by atoms with Crippen molar-refractivity contribution in [2.45, 2.75) is 52.4 Å². The second-order valence-electron chi connectivity index (χ2n) is 11.4. The van der Waals surface area contributed by atoms with E-state index in [1.54, 1.807) is 16.7 Å². The Kier molecular flexibility index (Phi) is 19.0. The fourth-order valence-electron chi connectivity index (χ4n) is 4.85. The first-order chi connectivity index (χ1) is 24.4. The van der Waals surface area contributed by atoms with Crippen LogP contribution in [0, 0.1) is 0 Å². The third-order valence-corrected chi connectivity index (χ3v) is 7.48. The van der Waals surface area contributed by atoms with E-state index in [1.165, 1.54) is 0 Å². The zero-order valence-electron chi connectivity index (χ0n) is 28.9. The number of esters is 1. The molecule has 0 spiro atoms. The number of hydrogen-bond donors (Lipinski definition) is 2. The predicted molar refractivity (Wildman–Crippen MR) is 189 cm³/mol. The number of carbonyl (C=O) groups excluding carboxylic acids is 4. The molecule has 3 aromatic rings. The number of unbranched alkanes of at least 4 members (excludes halogenated alkanes) is 1. The summed E-state index contributed by atoms with van der Waals surface area (Å²) in [5.41, 5.74) is 2.66. The fraction of sp³-hybridized carbons (Fsp3) is 0.421. The number of alkyl carbamates (subject to hydrolysis) is 1. The molecule has 0 fully saturated rings. The molecule has 0 unspecified atom stereocenters. The monoisotopic (exact) mass is 690 g/mol. The van der Waals surface area contributed by atoms with Gasteiger partial charge in [0.05, 0.1) is 13.2 Å². The molecule has 0 bridgehead atoms. The van der Waals surface area contributed by atoms with Crippen LogP contribution >= 0.6 is 0 Å². The van der Waals surface area contributed by atoms with Gasteiger partial charge in [0, 0.05) is 32.7 Å². The predicted octanol–water partition coefficient (Wildman–Crippen LogP) is 5.90. The van der Waals surface area contributed by atoms with E-state index in [-0.39, 0.29) is 32.3 Å². The zero-order valence-corrected chi connectivity index (χ0v) is 28.9. The first kappa shape index (κ1) is 39.3. The van der Waals surface area contributed by atoms with Gasteiger partial charge in [0.2, 0.25) is 0 Å². The van der Waals surface area contributed by atoms with Gasteiger partial charge in [0.15, 0.2) is 0 Å². The number of nitrogens with one attached hydrogen (secondary N) is 2. The normalized spacial score (nSPS) is 10.5. The van der Waals surface area contributed by atoms with Crippen molar-refractivity contribution in [1.82, 2.24) is 20.4 Å². The van der Waals surface area contributed by atoms with Gasteiger partial charge in [-0.15, -0.1) is 0 Å². The lowest BCUT2D eigenvalue weighted by Crippen LogP contribution is -2.37. The van der Waals surface area contributed by atoms with E-state index in [2.05, 4.69) is 10.6 Å². The van der Waals surface area contributed by atoms with E-state index in [9.17, 15) is 19.2 Å². The van der Waals surface area contributed by atoms with Crippen LogP contribution in [-0.2, 0) is 43.6 Å². The average molecular weight is 691 g/mol. The molecule has 50 heavy (non-hydrogen) atoms. The molecule has 0 atom stereocenters. The zero-order chi connectivity index (χ0) is 35.7. The van der Waals surface area contributed by atoms with Gasteiger partial charge in [-0.2, -0.15) is 0 Å². The van der Waals surface area contributed by atoms with Crippen molar-refractivity contribution in [2.75, 3.05) is 52.4 Å². The molecule has 3 rings (SSSR count). The number of benzene rings is 3. The van der Waals surface area contributed by atoms with E-state index >= 15 is 0 Å². The van der Waals surface area contributed by atoms with Gasteiger partial charge in [0.1, 0.15) is 19.8 Å². The van der Waals surface area contributed by atoms with Crippen molar-refractivity contribution in [1.29, 1.82) is 0 Å². The molecule has 270 valence electrons. The number of carbonyl (C=O) groups is 4. The molecule has 0 aliphatic carbocycles. The molecule has 0 saturated heterocycles. The third kappa shape index (κ3) is 16.8. The van der Waals surface area contributed by atoms with Gasteiger partial charge in [-0.1, -0.05) is 91.0 Å². The quantitative estimate of drug-likeness (QED) is 0.0750. The number of nitrogens with zero attached hydrogens (tertiary/aromatic N) is 2. The Morgan fingerprint density at radius 3 is 1.42 bits per heavy atom. The summed E-state index contributed by atoms with van der Waals surface area (Å²) in [6, 6.07) is 28.3. The number of amides is 3. The van der Waals surface area contributed by atoms with Crippen LogP contribution in [-0.4, -0.2) is 86.5 Å². The summed E-state index contributed by atoms with van der Waals surface area (Å²) in [6.07, 6.45) is 0.925. The fourth-order valence-corrected chi connectivity index (χ4v) is 4.85. The lowest BCUT2D eigenvalue weighted by Gasteiger charge is -2.24. The first-order valence-corrected chi connectivity index (χ1v) is 17.2. The van der Waals surface area contributed by atoms with Crippen LogP contribution in [0.25, 0.3) is 0 Å². The van der Waals surface area contributed by atoms with Crippen molar-refractivity contribution in [3.05, 3.63) is 108 Å². The molecule has 0 aliphatic rings. The lowest BCUT2D eigenvalue weighted by atomic mass is 10.2. The molecule has 3 amide bonds. The Bertz CT molecular complexity index is 1400. The maximum Gasteiger partial charge on any atom is 0.410 e. The Balaban J connectivity index is 1.49. The standard InChI is InChI=1S/C38H50N4O8/c1-2-47-35(43)28-39-22-14-26-41(37(45)49-30-33-18-8-4-9-19-33)24-12-13-25-42(38(46)50-31-34-20-10-5-11-21-34)27-15-23-40-36(44)48-29-32-16-6-3-7-17-32/h3-11,16-21,39H,2,12-15,22-31H2,1H3,(H,40,44). The molecule has 12 nitrogen and oxygen atoms in total. The number of hydrogen-bond acceptors (Lipinski definition) is 9. The van der Waals surface area contributed by atoms with Crippen LogP contribution in [0.4, 0.5) is 14.4 Å². The van der Waals surface area contributed by atoms with Gasteiger partial charge in [-0.25, -0.2) is 14.4 Å². The molecule has 3 aromatic carbocycles. The average Bonchev–Trinajstić information content (AvgIpc) is 3.14. The number of rotatable bonds is 22. The molecule has 0 radical (unpaired) electrons.